The van der Waals surface area contributed by atoms with E-state index in [1.54, 1.807) is 20.8 Å². The molecule has 0 aliphatic carbocycles. The van der Waals surface area contributed by atoms with E-state index in [0.717, 1.165) is 0 Å². The van der Waals surface area contributed by atoms with Crippen molar-refractivity contribution in [1.82, 2.24) is 19.5 Å². The standard InChI is InChI=1S/C16H25N5O5/c1-4-14(24)9(7-22)26-16(6-3,15(14,25)5-2)21-8-18-10-11(21)19-13(17)20-12(10)23/h8-9,22,24-25H,4-7H2,1-3H3,(H3,17,19,20,23)/t9-,14-,15-,16-/m1/s1. The van der Waals surface area contributed by atoms with Gasteiger partial charge in [-0.1, -0.05) is 20.8 Å². The predicted molar refractivity (Wildman–Crippen MR) is 92.1 cm³/mol. The van der Waals surface area contributed by atoms with Crippen LogP contribution >= 0.6 is 0 Å². The normalized spacial score (nSPS) is 34.6. The lowest BCUT2D eigenvalue weighted by molar-refractivity contribution is -0.212. The SMILES string of the molecule is CC[C@@]1(O)[C@@](O)(CC)[C@@H](CO)O[C@@]1(CC)n1cnc2c(O)nc(N)nc21. The molecule has 3 rings (SSSR count). The zero-order chi connectivity index (χ0) is 19.3. The molecular formula is C16H25N5O5. The first-order chi connectivity index (χ1) is 12.2. The molecule has 1 saturated heterocycles. The number of hydrogen-bond acceptors (Lipinski definition) is 9. The van der Waals surface area contributed by atoms with Gasteiger partial charge in [0.15, 0.2) is 16.9 Å². The van der Waals surface area contributed by atoms with Crippen LogP contribution in [-0.2, 0) is 10.5 Å². The highest BCUT2D eigenvalue weighted by molar-refractivity contribution is 5.77. The Balaban J connectivity index is 2.33. The molecule has 3 heterocycles. The molecule has 0 unspecified atom stereocenters. The van der Waals surface area contributed by atoms with E-state index < -0.39 is 29.6 Å². The Bertz CT molecular complexity index is 829. The molecule has 0 spiro atoms. The molecule has 2 aromatic rings. The van der Waals surface area contributed by atoms with Crippen molar-refractivity contribution in [3.8, 4) is 5.88 Å². The lowest BCUT2D eigenvalue weighted by atomic mass is 9.71. The zero-order valence-corrected chi connectivity index (χ0v) is 15.0. The van der Waals surface area contributed by atoms with Crippen LogP contribution in [0.5, 0.6) is 5.88 Å². The van der Waals surface area contributed by atoms with Crippen LogP contribution in [0.1, 0.15) is 40.0 Å². The van der Waals surface area contributed by atoms with Crippen molar-refractivity contribution in [3.05, 3.63) is 6.33 Å². The number of imidazole rings is 1. The maximum atomic E-state index is 11.6. The third-order valence-electron chi connectivity index (χ3n) is 5.71. The fourth-order valence-corrected chi connectivity index (χ4v) is 4.29. The molecule has 1 fully saturated rings. The molecule has 0 radical (unpaired) electrons. The maximum Gasteiger partial charge on any atom is 0.244 e. The van der Waals surface area contributed by atoms with E-state index in [0.29, 0.717) is 0 Å². The van der Waals surface area contributed by atoms with Crippen LogP contribution in [0.25, 0.3) is 11.2 Å². The summed E-state index contributed by atoms with van der Waals surface area (Å²) in [6, 6.07) is 0. The third kappa shape index (κ3) is 2.04. The number of aliphatic hydroxyl groups excluding tert-OH is 1. The van der Waals surface area contributed by atoms with E-state index in [2.05, 4.69) is 15.0 Å². The quantitative estimate of drug-likeness (QED) is 0.484. The molecule has 0 bridgehead atoms. The van der Waals surface area contributed by atoms with E-state index >= 15 is 0 Å². The van der Waals surface area contributed by atoms with E-state index in [-0.39, 0.29) is 42.3 Å². The second kappa shape index (κ2) is 6.02. The fourth-order valence-electron chi connectivity index (χ4n) is 4.29. The topological polar surface area (TPSA) is 160 Å². The van der Waals surface area contributed by atoms with Crippen LogP contribution in [0.4, 0.5) is 5.95 Å². The maximum absolute atomic E-state index is 11.6. The van der Waals surface area contributed by atoms with Crippen molar-refractivity contribution in [2.75, 3.05) is 12.3 Å². The molecule has 144 valence electrons. The van der Waals surface area contributed by atoms with Crippen LogP contribution in [0.2, 0.25) is 0 Å². The molecule has 26 heavy (non-hydrogen) atoms. The number of nitrogen functional groups attached to an aromatic ring is 1. The van der Waals surface area contributed by atoms with Crippen molar-refractivity contribution in [2.45, 2.75) is 63.1 Å². The van der Waals surface area contributed by atoms with Crippen LogP contribution in [0.15, 0.2) is 6.33 Å². The number of ether oxygens (including phenoxy) is 1. The van der Waals surface area contributed by atoms with Crippen LogP contribution in [0, 0.1) is 0 Å². The molecule has 0 aromatic carbocycles. The van der Waals surface area contributed by atoms with Gasteiger partial charge in [-0.25, -0.2) is 4.98 Å². The Morgan fingerprint density at radius 3 is 2.42 bits per heavy atom. The number of anilines is 1. The minimum Gasteiger partial charge on any atom is -0.492 e. The van der Waals surface area contributed by atoms with E-state index in [1.807, 2.05) is 0 Å². The largest absolute Gasteiger partial charge is 0.492 e. The summed E-state index contributed by atoms with van der Waals surface area (Å²) in [5, 5.41) is 42.7. The van der Waals surface area contributed by atoms with Crippen molar-refractivity contribution in [3.63, 3.8) is 0 Å². The number of rotatable bonds is 5. The van der Waals surface area contributed by atoms with Gasteiger partial charge in [0.1, 0.15) is 17.3 Å². The van der Waals surface area contributed by atoms with Gasteiger partial charge in [0, 0.05) is 0 Å². The number of nitrogens with two attached hydrogens (primary N) is 1. The first-order valence-corrected chi connectivity index (χ1v) is 8.68. The smallest absolute Gasteiger partial charge is 0.244 e. The van der Waals surface area contributed by atoms with E-state index in [4.69, 9.17) is 10.5 Å². The van der Waals surface area contributed by atoms with Crippen LogP contribution in [-0.4, -0.2) is 63.9 Å². The van der Waals surface area contributed by atoms with E-state index in [9.17, 15) is 20.4 Å². The van der Waals surface area contributed by atoms with Crippen molar-refractivity contribution in [2.24, 2.45) is 0 Å². The molecule has 1 aliphatic rings. The summed E-state index contributed by atoms with van der Waals surface area (Å²) in [5.74, 6) is -0.550. The van der Waals surface area contributed by atoms with Gasteiger partial charge in [-0.15, -0.1) is 0 Å². The number of aromatic hydroxyl groups is 1. The Morgan fingerprint density at radius 2 is 1.88 bits per heavy atom. The van der Waals surface area contributed by atoms with Crippen LogP contribution < -0.4 is 5.73 Å². The molecule has 1 aliphatic heterocycles. The molecule has 0 amide bonds. The number of fused-ring (bicyclic) bond motifs is 1. The monoisotopic (exact) mass is 367 g/mol. The predicted octanol–water partition coefficient (Wildman–Crippen LogP) is -0.150. The van der Waals surface area contributed by atoms with Gasteiger partial charge >= 0.3 is 0 Å². The van der Waals surface area contributed by atoms with Gasteiger partial charge in [0.2, 0.25) is 11.8 Å². The average Bonchev–Trinajstić information content (AvgIpc) is 3.13. The summed E-state index contributed by atoms with van der Waals surface area (Å²) in [4.78, 5) is 11.9. The number of aliphatic hydroxyl groups is 3. The first kappa shape index (κ1) is 18.8. The van der Waals surface area contributed by atoms with E-state index in [1.165, 1.54) is 10.9 Å². The molecule has 10 heteroatoms. The summed E-state index contributed by atoms with van der Waals surface area (Å²) < 4.78 is 7.54. The Morgan fingerprint density at radius 1 is 1.19 bits per heavy atom. The summed E-state index contributed by atoms with van der Waals surface area (Å²) >= 11 is 0. The van der Waals surface area contributed by atoms with Crippen LogP contribution in [0.3, 0.4) is 0 Å². The first-order valence-electron chi connectivity index (χ1n) is 8.68. The second-order valence-corrected chi connectivity index (χ2v) is 6.61. The van der Waals surface area contributed by atoms with Gasteiger partial charge in [-0.2, -0.15) is 9.97 Å². The highest BCUT2D eigenvalue weighted by Crippen LogP contribution is 2.55. The fraction of sp³-hybridized carbons (Fsp3) is 0.688. The molecule has 6 N–H and O–H groups in total. The zero-order valence-electron chi connectivity index (χ0n) is 15.0. The summed E-state index contributed by atoms with van der Waals surface area (Å²) in [7, 11) is 0. The minimum atomic E-state index is -1.75. The summed E-state index contributed by atoms with van der Waals surface area (Å²) in [5.41, 5.74) is 1.01. The van der Waals surface area contributed by atoms with Gasteiger partial charge in [0.25, 0.3) is 0 Å². The highest BCUT2D eigenvalue weighted by atomic mass is 16.6. The lowest BCUT2D eigenvalue weighted by Crippen LogP contribution is -2.63. The van der Waals surface area contributed by atoms with Crippen molar-refractivity contribution >= 4 is 17.1 Å². The Hall–Kier alpha value is -2.01. The Labute approximate surface area is 150 Å². The molecule has 4 atom stereocenters. The molecule has 2 aromatic heterocycles. The molecular weight excluding hydrogens is 342 g/mol. The van der Waals surface area contributed by atoms with Gasteiger partial charge in [-0.05, 0) is 19.3 Å². The second-order valence-electron chi connectivity index (χ2n) is 6.61. The number of hydrogen-bond donors (Lipinski definition) is 5. The number of aromatic nitrogens is 4. The van der Waals surface area contributed by atoms with Gasteiger partial charge in [-0.3, -0.25) is 4.57 Å². The molecule has 0 saturated carbocycles. The van der Waals surface area contributed by atoms with Crippen molar-refractivity contribution in [1.29, 1.82) is 0 Å². The lowest BCUT2D eigenvalue weighted by Gasteiger charge is -2.46. The number of nitrogens with zero attached hydrogens (tertiary/aromatic N) is 4. The summed E-state index contributed by atoms with van der Waals surface area (Å²) in [6.07, 6.45) is 0.903. The average molecular weight is 367 g/mol. The minimum absolute atomic E-state index is 0.0987. The summed E-state index contributed by atoms with van der Waals surface area (Å²) in [6.45, 7) is 4.76. The van der Waals surface area contributed by atoms with Gasteiger partial charge < -0.3 is 30.9 Å². The Kier molecular flexibility index (Phi) is 4.34. The third-order valence-corrected chi connectivity index (χ3v) is 5.71. The van der Waals surface area contributed by atoms with Gasteiger partial charge in [0.05, 0.1) is 12.9 Å². The molecule has 10 nitrogen and oxygen atoms in total. The highest BCUT2D eigenvalue weighted by Gasteiger charge is 2.71. The van der Waals surface area contributed by atoms with Crippen molar-refractivity contribution < 1.29 is 25.2 Å².